The van der Waals surface area contributed by atoms with E-state index in [4.69, 9.17) is 5.73 Å². The third kappa shape index (κ3) is 3.30. The predicted octanol–water partition coefficient (Wildman–Crippen LogP) is 2.69. The number of hydrogen-bond acceptors (Lipinski definition) is 2. The lowest BCUT2D eigenvalue weighted by molar-refractivity contribution is -0.131. The van der Waals surface area contributed by atoms with Gasteiger partial charge in [-0.2, -0.15) is 0 Å². The van der Waals surface area contributed by atoms with Gasteiger partial charge in [0.25, 0.3) is 0 Å². The second-order valence-corrected chi connectivity index (χ2v) is 6.23. The lowest BCUT2D eigenvalue weighted by Gasteiger charge is -2.18. The van der Waals surface area contributed by atoms with Gasteiger partial charge in [-0.3, -0.25) is 9.59 Å². The molecule has 0 aromatic heterocycles. The lowest BCUT2D eigenvalue weighted by atomic mass is 10.1. The van der Waals surface area contributed by atoms with Crippen LogP contribution in [0.1, 0.15) is 33.8 Å². The molecule has 0 unspecified atom stereocenters. The molecule has 2 aromatic carbocycles. The van der Waals surface area contributed by atoms with E-state index >= 15 is 0 Å². The summed E-state index contributed by atoms with van der Waals surface area (Å²) in [6, 6.07) is 13.5. The Labute approximate surface area is 140 Å². The van der Waals surface area contributed by atoms with Crippen molar-refractivity contribution < 1.29 is 14.0 Å². The van der Waals surface area contributed by atoms with Crippen LogP contribution in [0.25, 0.3) is 0 Å². The van der Waals surface area contributed by atoms with Crippen molar-refractivity contribution in [2.24, 2.45) is 11.7 Å². The molecule has 3 rings (SSSR count). The first-order chi connectivity index (χ1) is 11.5. The standard InChI is InChI=1S/C19H19FN2O2/c1-22(11-12-5-4-6-13(9-12)18(21)23)19(24)16-10-15(16)14-7-2-3-8-17(14)20/h2-9,15-16H,10-11H2,1H3,(H2,21,23)/t15-,16+/m1/s1. The van der Waals surface area contributed by atoms with E-state index in [0.717, 1.165) is 5.56 Å². The zero-order valence-electron chi connectivity index (χ0n) is 13.4. The number of carbonyl (C=O) groups is 2. The quantitative estimate of drug-likeness (QED) is 0.918. The molecule has 1 saturated carbocycles. The highest BCUT2D eigenvalue weighted by Gasteiger charge is 2.46. The van der Waals surface area contributed by atoms with Gasteiger partial charge in [0.2, 0.25) is 11.8 Å². The van der Waals surface area contributed by atoms with E-state index in [1.54, 1.807) is 48.3 Å². The number of hydrogen-bond donors (Lipinski definition) is 1. The summed E-state index contributed by atoms with van der Waals surface area (Å²) in [5.41, 5.74) is 7.14. The summed E-state index contributed by atoms with van der Waals surface area (Å²) in [6.45, 7) is 0.389. The Bertz CT molecular complexity index is 790. The third-order valence-corrected chi connectivity index (χ3v) is 4.42. The number of rotatable bonds is 5. The molecule has 5 heteroatoms. The Balaban J connectivity index is 1.65. The Hall–Kier alpha value is -2.69. The van der Waals surface area contributed by atoms with Gasteiger partial charge in [0.15, 0.2) is 0 Å². The summed E-state index contributed by atoms with van der Waals surface area (Å²) in [4.78, 5) is 25.4. The van der Waals surface area contributed by atoms with Crippen LogP contribution in [-0.2, 0) is 11.3 Å². The maximum absolute atomic E-state index is 13.8. The normalized spacial score (nSPS) is 18.9. The van der Waals surface area contributed by atoms with Crippen LogP contribution in [0.4, 0.5) is 4.39 Å². The fraction of sp³-hybridized carbons (Fsp3) is 0.263. The van der Waals surface area contributed by atoms with Crippen molar-refractivity contribution in [3.05, 3.63) is 71.0 Å². The molecule has 24 heavy (non-hydrogen) atoms. The number of nitrogens with two attached hydrogens (primary N) is 1. The number of carbonyl (C=O) groups excluding carboxylic acids is 2. The number of nitrogens with zero attached hydrogens (tertiary/aromatic N) is 1. The van der Waals surface area contributed by atoms with Crippen LogP contribution in [0.15, 0.2) is 48.5 Å². The Morgan fingerprint density at radius 3 is 2.67 bits per heavy atom. The highest BCUT2D eigenvalue weighted by Crippen LogP contribution is 2.49. The van der Waals surface area contributed by atoms with Crippen molar-refractivity contribution >= 4 is 11.8 Å². The van der Waals surface area contributed by atoms with Crippen LogP contribution in [0.5, 0.6) is 0 Å². The van der Waals surface area contributed by atoms with Crippen LogP contribution in [-0.4, -0.2) is 23.8 Å². The molecule has 0 heterocycles. The average Bonchev–Trinajstić information content (AvgIpc) is 3.35. The summed E-state index contributed by atoms with van der Waals surface area (Å²) in [5.74, 6) is -0.973. The minimum atomic E-state index is -0.493. The van der Waals surface area contributed by atoms with Gasteiger partial charge in [0, 0.05) is 25.1 Å². The zero-order valence-corrected chi connectivity index (χ0v) is 13.4. The van der Waals surface area contributed by atoms with Crippen molar-refractivity contribution in [1.29, 1.82) is 0 Å². The van der Waals surface area contributed by atoms with E-state index < -0.39 is 5.91 Å². The van der Waals surface area contributed by atoms with Crippen LogP contribution in [0, 0.1) is 11.7 Å². The highest BCUT2D eigenvalue weighted by molar-refractivity contribution is 5.92. The lowest BCUT2D eigenvalue weighted by Crippen LogP contribution is -2.28. The molecule has 0 spiro atoms. The molecule has 1 aliphatic rings. The van der Waals surface area contributed by atoms with Crippen molar-refractivity contribution in [2.45, 2.75) is 18.9 Å². The Morgan fingerprint density at radius 2 is 1.96 bits per heavy atom. The molecule has 2 amide bonds. The molecule has 2 N–H and O–H groups in total. The number of amides is 2. The largest absolute Gasteiger partial charge is 0.366 e. The van der Waals surface area contributed by atoms with Gasteiger partial charge in [-0.1, -0.05) is 30.3 Å². The summed E-state index contributed by atoms with van der Waals surface area (Å²) in [7, 11) is 1.72. The number of benzene rings is 2. The molecule has 0 radical (unpaired) electrons. The SMILES string of the molecule is CN(Cc1cccc(C(N)=O)c1)C(=O)[C@H]1C[C@@H]1c1ccccc1F. The smallest absolute Gasteiger partial charge is 0.248 e. The minimum absolute atomic E-state index is 0.00673. The maximum atomic E-state index is 13.8. The van der Waals surface area contributed by atoms with Crippen molar-refractivity contribution in [3.63, 3.8) is 0 Å². The second kappa shape index (κ2) is 6.43. The molecule has 124 valence electrons. The molecule has 1 aliphatic carbocycles. The third-order valence-electron chi connectivity index (χ3n) is 4.42. The number of primary amides is 1. The first kappa shape index (κ1) is 16.2. The van der Waals surface area contributed by atoms with Crippen LogP contribution < -0.4 is 5.73 Å². The molecule has 1 fully saturated rings. The molecule has 0 bridgehead atoms. The van der Waals surface area contributed by atoms with Crippen LogP contribution in [0.2, 0.25) is 0 Å². The van der Waals surface area contributed by atoms with Crippen LogP contribution >= 0.6 is 0 Å². The molecule has 2 aromatic rings. The average molecular weight is 326 g/mol. The summed E-state index contributed by atoms with van der Waals surface area (Å²) >= 11 is 0. The molecule has 0 aliphatic heterocycles. The van der Waals surface area contributed by atoms with E-state index in [-0.39, 0.29) is 23.6 Å². The van der Waals surface area contributed by atoms with Crippen LogP contribution in [0.3, 0.4) is 0 Å². The second-order valence-electron chi connectivity index (χ2n) is 6.23. The van der Waals surface area contributed by atoms with Gasteiger partial charge in [0.05, 0.1) is 0 Å². The van der Waals surface area contributed by atoms with E-state index in [9.17, 15) is 14.0 Å². The fourth-order valence-corrected chi connectivity index (χ4v) is 3.05. The van der Waals surface area contributed by atoms with Gasteiger partial charge in [-0.25, -0.2) is 4.39 Å². The van der Waals surface area contributed by atoms with E-state index in [1.165, 1.54) is 6.07 Å². The topological polar surface area (TPSA) is 63.4 Å². The molecule has 0 saturated heterocycles. The first-order valence-corrected chi connectivity index (χ1v) is 7.85. The Kier molecular flexibility index (Phi) is 4.34. The Morgan fingerprint density at radius 1 is 1.21 bits per heavy atom. The summed E-state index contributed by atoms with van der Waals surface area (Å²) in [5, 5.41) is 0. The van der Waals surface area contributed by atoms with E-state index in [1.807, 2.05) is 6.07 Å². The molecular formula is C19H19FN2O2. The minimum Gasteiger partial charge on any atom is -0.366 e. The molecule has 4 nitrogen and oxygen atoms in total. The molecule has 2 atom stereocenters. The van der Waals surface area contributed by atoms with Crippen molar-refractivity contribution in [2.75, 3.05) is 7.05 Å². The summed E-state index contributed by atoms with van der Waals surface area (Å²) in [6.07, 6.45) is 0.672. The van der Waals surface area contributed by atoms with Gasteiger partial charge < -0.3 is 10.6 Å². The van der Waals surface area contributed by atoms with Crippen molar-refractivity contribution in [1.82, 2.24) is 4.90 Å². The molecular weight excluding hydrogens is 307 g/mol. The fourth-order valence-electron chi connectivity index (χ4n) is 3.05. The van der Waals surface area contributed by atoms with Gasteiger partial charge >= 0.3 is 0 Å². The predicted molar refractivity (Wildman–Crippen MR) is 88.7 cm³/mol. The highest BCUT2D eigenvalue weighted by atomic mass is 19.1. The maximum Gasteiger partial charge on any atom is 0.248 e. The van der Waals surface area contributed by atoms with Gasteiger partial charge in [-0.15, -0.1) is 0 Å². The summed E-state index contributed by atoms with van der Waals surface area (Å²) < 4.78 is 13.8. The number of halogens is 1. The first-order valence-electron chi connectivity index (χ1n) is 7.85. The zero-order chi connectivity index (χ0) is 17.3. The monoisotopic (exact) mass is 326 g/mol. The van der Waals surface area contributed by atoms with Gasteiger partial charge in [-0.05, 0) is 41.7 Å². The van der Waals surface area contributed by atoms with Crippen molar-refractivity contribution in [3.8, 4) is 0 Å². The van der Waals surface area contributed by atoms with E-state index in [0.29, 0.717) is 24.1 Å². The van der Waals surface area contributed by atoms with E-state index in [2.05, 4.69) is 0 Å². The van der Waals surface area contributed by atoms with Gasteiger partial charge in [0.1, 0.15) is 5.82 Å².